The Morgan fingerprint density at radius 3 is 2.48 bits per heavy atom. The minimum Gasteiger partial charge on any atom is -0.494 e. The highest BCUT2D eigenvalue weighted by atomic mass is 32.1. The van der Waals surface area contributed by atoms with E-state index in [1.165, 1.54) is 11.3 Å². The fraction of sp³-hybridized carbons (Fsp3) is 0.389. The first-order valence-corrected chi connectivity index (χ1v) is 8.89. The van der Waals surface area contributed by atoms with E-state index in [2.05, 4.69) is 10.3 Å². The number of aromatic nitrogens is 1. The van der Waals surface area contributed by atoms with Gasteiger partial charge in [0.1, 0.15) is 10.6 Å². The second kappa shape index (κ2) is 8.62. The number of carbonyl (C=O) groups is 2. The second-order valence-electron chi connectivity index (χ2n) is 5.67. The summed E-state index contributed by atoms with van der Waals surface area (Å²) in [7, 11) is 0. The molecule has 2 aromatic rings. The maximum absolute atomic E-state index is 12.2. The summed E-state index contributed by atoms with van der Waals surface area (Å²) in [5.41, 5.74) is 1.55. The molecule has 1 aromatic carbocycles. The highest BCUT2D eigenvalue weighted by Gasteiger charge is 2.21. The van der Waals surface area contributed by atoms with E-state index in [0.717, 1.165) is 16.3 Å². The van der Waals surface area contributed by atoms with Crippen LogP contribution < -0.4 is 10.1 Å². The smallest absolute Gasteiger partial charge is 0.308 e. The van der Waals surface area contributed by atoms with Crippen LogP contribution in [0.3, 0.4) is 0 Å². The predicted octanol–water partition coefficient (Wildman–Crippen LogP) is 2.83. The number of benzene rings is 1. The van der Waals surface area contributed by atoms with Gasteiger partial charge < -0.3 is 15.2 Å². The van der Waals surface area contributed by atoms with Gasteiger partial charge >= 0.3 is 5.97 Å². The van der Waals surface area contributed by atoms with Crippen molar-refractivity contribution >= 4 is 23.2 Å². The molecule has 0 fully saturated rings. The zero-order chi connectivity index (χ0) is 18.4. The van der Waals surface area contributed by atoms with Gasteiger partial charge in [-0.3, -0.25) is 9.59 Å². The molecule has 2 N–H and O–H groups in total. The minimum atomic E-state index is -0.939. The number of hydrogen-bond acceptors (Lipinski definition) is 5. The van der Waals surface area contributed by atoms with Gasteiger partial charge in [0.25, 0.3) is 5.91 Å². The van der Waals surface area contributed by atoms with E-state index in [9.17, 15) is 14.7 Å². The van der Waals surface area contributed by atoms with Crippen LogP contribution in [0.15, 0.2) is 24.3 Å². The van der Waals surface area contributed by atoms with E-state index >= 15 is 0 Å². The molecule has 0 aliphatic heterocycles. The van der Waals surface area contributed by atoms with E-state index in [0.29, 0.717) is 23.6 Å². The van der Waals surface area contributed by atoms with Gasteiger partial charge in [-0.2, -0.15) is 0 Å². The molecule has 134 valence electrons. The van der Waals surface area contributed by atoms with E-state index in [4.69, 9.17) is 4.74 Å². The number of thiazole rings is 1. The molecular formula is C18H22N2O4S. The van der Waals surface area contributed by atoms with E-state index < -0.39 is 11.9 Å². The van der Waals surface area contributed by atoms with Gasteiger partial charge in [-0.1, -0.05) is 12.1 Å². The fourth-order valence-corrected chi connectivity index (χ4v) is 3.29. The summed E-state index contributed by atoms with van der Waals surface area (Å²) in [4.78, 5) is 28.5. The Bertz CT molecular complexity index is 740. The zero-order valence-corrected chi connectivity index (χ0v) is 15.4. The monoisotopic (exact) mass is 362 g/mol. The van der Waals surface area contributed by atoms with Crippen LogP contribution in [0, 0.1) is 19.8 Å². The van der Waals surface area contributed by atoms with Crippen molar-refractivity contribution < 1.29 is 19.4 Å². The van der Waals surface area contributed by atoms with Crippen LogP contribution in [0.1, 0.15) is 32.9 Å². The number of aliphatic carboxylic acids is 1. The molecule has 0 spiro atoms. The summed E-state index contributed by atoms with van der Waals surface area (Å²) < 4.78 is 5.38. The van der Waals surface area contributed by atoms with Crippen LogP contribution in [0.5, 0.6) is 5.75 Å². The van der Waals surface area contributed by atoms with Crippen molar-refractivity contribution in [1.82, 2.24) is 10.3 Å². The van der Waals surface area contributed by atoms with Crippen molar-refractivity contribution in [3.05, 3.63) is 45.4 Å². The van der Waals surface area contributed by atoms with Gasteiger partial charge in [-0.05, 0) is 44.9 Å². The van der Waals surface area contributed by atoms with Gasteiger partial charge in [0.2, 0.25) is 0 Å². The number of rotatable bonds is 8. The number of amides is 1. The largest absolute Gasteiger partial charge is 0.494 e. The van der Waals surface area contributed by atoms with Crippen molar-refractivity contribution in [3.8, 4) is 5.75 Å². The maximum Gasteiger partial charge on any atom is 0.308 e. The Hall–Kier alpha value is -2.41. The molecular weight excluding hydrogens is 340 g/mol. The third-order valence-corrected chi connectivity index (χ3v) is 4.76. The molecule has 0 aliphatic rings. The van der Waals surface area contributed by atoms with E-state index in [1.807, 2.05) is 38.1 Å². The van der Waals surface area contributed by atoms with Crippen molar-refractivity contribution in [2.24, 2.45) is 5.92 Å². The molecule has 0 saturated heterocycles. The highest BCUT2D eigenvalue weighted by Crippen LogP contribution is 2.18. The Morgan fingerprint density at radius 2 is 1.96 bits per heavy atom. The van der Waals surface area contributed by atoms with Crippen molar-refractivity contribution in [2.45, 2.75) is 27.2 Å². The number of carbonyl (C=O) groups excluding carboxylic acids is 1. The van der Waals surface area contributed by atoms with Crippen LogP contribution in [0.2, 0.25) is 0 Å². The normalized spacial score (nSPS) is 11.8. The maximum atomic E-state index is 12.2. The van der Waals surface area contributed by atoms with Crippen LogP contribution in [-0.2, 0) is 11.2 Å². The number of hydrogen-bond donors (Lipinski definition) is 2. The van der Waals surface area contributed by atoms with E-state index in [1.54, 1.807) is 6.92 Å². The molecule has 1 aromatic heterocycles. The SMILES string of the molecule is CCOc1ccc(CC(CNC(=O)c2sc(C)nc2C)C(=O)O)cc1. The van der Waals surface area contributed by atoms with Crippen molar-refractivity contribution in [3.63, 3.8) is 0 Å². The Morgan fingerprint density at radius 1 is 1.28 bits per heavy atom. The highest BCUT2D eigenvalue weighted by molar-refractivity contribution is 7.13. The molecule has 0 saturated carbocycles. The number of aryl methyl sites for hydroxylation is 2. The number of carboxylic acids is 1. The predicted molar refractivity (Wildman–Crippen MR) is 96.4 cm³/mol. The lowest BCUT2D eigenvalue weighted by Gasteiger charge is -2.14. The molecule has 2 rings (SSSR count). The van der Waals surface area contributed by atoms with Gasteiger partial charge in [0.15, 0.2) is 0 Å². The van der Waals surface area contributed by atoms with Gasteiger partial charge in [0, 0.05) is 6.54 Å². The zero-order valence-electron chi connectivity index (χ0n) is 14.5. The lowest BCUT2D eigenvalue weighted by Crippen LogP contribution is -2.34. The molecule has 1 atom stereocenters. The first kappa shape index (κ1) is 18.9. The quantitative estimate of drug-likeness (QED) is 0.754. The third kappa shape index (κ3) is 5.29. The molecule has 25 heavy (non-hydrogen) atoms. The van der Waals surface area contributed by atoms with Crippen LogP contribution in [-0.4, -0.2) is 35.1 Å². The van der Waals surface area contributed by atoms with Crippen LogP contribution in [0.4, 0.5) is 0 Å². The lowest BCUT2D eigenvalue weighted by molar-refractivity contribution is -0.141. The summed E-state index contributed by atoms with van der Waals surface area (Å²) in [5.74, 6) is -1.16. The van der Waals surface area contributed by atoms with Crippen molar-refractivity contribution in [2.75, 3.05) is 13.2 Å². The molecule has 0 bridgehead atoms. The minimum absolute atomic E-state index is 0.0672. The summed E-state index contributed by atoms with van der Waals surface area (Å²) in [6, 6.07) is 7.33. The van der Waals surface area contributed by atoms with Gasteiger partial charge in [0.05, 0.1) is 23.2 Å². The standard InChI is InChI=1S/C18H22N2O4S/c1-4-24-15-7-5-13(6-8-15)9-14(18(22)23)10-19-17(21)16-11(2)20-12(3)25-16/h5-8,14H,4,9-10H2,1-3H3,(H,19,21)(H,22,23). The summed E-state index contributed by atoms with van der Waals surface area (Å²) in [6.07, 6.45) is 0.336. The van der Waals surface area contributed by atoms with Gasteiger partial charge in [-0.25, -0.2) is 4.98 Å². The van der Waals surface area contributed by atoms with Crippen LogP contribution >= 0.6 is 11.3 Å². The number of carboxylic acid groups (broad SMARTS) is 1. The Labute approximate surface area is 150 Å². The molecule has 7 heteroatoms. The number of ether oxygens (including phenoxy) is 1. The van der Waals surface area contributed by atoms with E-state index in [-0.39, 0.29) is 12.5 Å². The van der Waals surface area contributed by atoms with Crippen molar-refractivity contribution in [1.29, 1.82) is 0 Å². The molecule has 1 amide bonds. The number of nitrogens with one attached hydrogen (secondary N) is 1. The lowest BCUT2D eigenvalue weighted by atomic mass is 9.99. The van der Waals surface area contributed by atoms with Gasteiger partial charge in [-0.15, -0.1) is 11.3 Å². The average Bonchev–Trinajstić information content (AvgIpc) is 2.91. The third-order valence-electron chi connectivity index (χ3n) is 3.68. The average molecular weight is 362 g/mol. The number of nitrogens with zero attached hydrogens (tertiary/aromatic N) is 1. The first-order valence-electron chi connectivity index (χ1n) is 8.07. The van der Waals surface area contributed by atoms with Crippen LogP contribution in [0.25, 0.3) is 0 Å². The summed E-state index contributed by atoms with van der Waals surface area (Å²) >= 11 is 1.31. The first-order chi connectivity index (χ1) is 11.9. The fourth-order valence-electron chi connectivity index (χ4n) is 2.46. The Kier molecular flexibility index (Phi) is 6.52. The summed E-state index contributed by atoms with van der Waals surface area (Å²) in [5, 5.41) is 13.0. The molecule has 6 nitrogen and oxygen atoms in total. The molecule has 1 heterocycles. The molecule has 1 unspecified atom stereocenters. The molecule has 0 radical (unpaired) electrons. The molecule has 0 aliphatic carbocycles. The topological polar surface area (TPSA) is 88.5 Å². The Balaban J connectivity index is 1.97. The summed E-state index contributed by atoms with van der Waals surface area (Å²) in [6.45, 7) is 6.16. The second-order valence-corrected chi connectivity index (χ2v) is 6.88.